The molecule has 0 bridgehead atoms. The van der Waals surface area contributed by atoms with Gasteiger partial charge in [0.05, 0.1) is 0 Å². The average Bonchev–Trinajstić information content (AvgIpc) is 2.19. The topological polar surface area (TPSA) is 21.3 Å². The molecule has 2 heteroatoms. The third kappa shape index (κ3) is 1.46. The molecule has 1 saturated heterocycles. The van der Waals surface area contributed by atoms with Crippen molar-refractivity contribution in [1.82, 2.24) is 5.32 Å². The van der Waals surface area contributed by atoms with Gasteiger partial charge in [-0.05, 0) is 26.3 Å². The lowest BCUT2D eigenvalue weighted by atomic mass is 10.4. The zero-order valence-corrected chi connectivity index (χ0v) is 5.31. The van der Waals surface area contributed by atoms with Gasteiger partial charge in [0.2, 0.25) is 0 Å². The molecule has 1 aliphatic rings. The van der Waals surface area contributed by atoms with E-state index in [1.54, 1.807) is 0 Å². The molecule has 0 aromatic heterocycles. The monoisotopic (exact) mass is 115 g/mol. The first kappa shape index (κ1) is 6.05. The molecule has 0 spiro atoms. The van der Waals surface area contributed by atoms with Gasteiger partial charge in [-0.15, -0.1) is 0 Å². The van der Waals surface area contributed by atoms with Crippen molar-refractivity contribution in [3.8, 4) is 0 Å². The van der Waals surface area contributed by atoms with Gasteiger partial charge in [-0.1, -0.05) is 0 Å². The van der Waals surface area contributed by atoms with Crippen molar-refractivity contribution in [2.45, 2.75) is 26.0 Å². The lowest BCUT2D eigenvalue weighted by molar-refractivity contribution is 0.0529. The van der Waals surface area contributed by atoms with E-state index in [2.05, 4.69) is 5.32 Å². The summed E-state index contributed by atoms with van der Waals surface area (Å²) in [7, 11) is 0. The van der Waals surface area contributed by atoms with Gasteiger partial charge >= 0.3 is 0 Å². The fourth-order valence-corrected chi connectivity index (χ4v) is 0.996. The predicted molar refractivity (Wildman–Crippen MR) is 32.7 cm³/mol. The minimum atomic E-state index is 0.361. The predicted octanol–water partition coefficient (Wildman–Crippen LogP) is 0.732. The molecule has 0 aromatic carbocycles. The Morgan fingerprint density at radius 2 is 2.62 bits per heavy atom. The van der Waals surface area contributed by atoms with Gasteiger partial charge in [-0.25, -0.2) is 0 Å². The van der Waals surface area contributed by atoms with Crippen LogP contribution in [0.25, 0.3) is 0 Å². The molecule has 0 amide bonds. The van der Waals surface area contributed by atoms with E-state index >= 15 is 0 Å². The molecule has 0 aromatic rings. The Bertz CT molecular complexity index is 59.5. The largest absolute Gasteiger partial charge is 0.364 e. The van der Waals surface area contributed by atoms with Gasteiger partial charge in [0, 0.05) is 6.61 Å². The maximum atomic E-state index is 5.29. The quantitative estimate of drug-likeness (QED) is 0.573. The van der Waals surface area contributed by atoms with Gasteiger partial charge in [-0.3, -0.25) is 5.32 Å². The lowest BCUT2D eigenvalue weighted by Gasteiger charge is -2.07. The summed E-state index contributed by atoms with van der Waals surface area (Å²) in [6.45, 7) is 3.99. The highest BCUT2D eigenvalue weighted by molar-refractivity contribution is 4.64. The van der Waals surface area contributed by atoms with Crippen LogP contribution in [0.4, 0.5) is 0 Å². The molecule has 1 atom stereocenters. The van der Waals surface area contributed by atoms with E-state index in [1.165, 1.54) is 12.8 Å². The molecule has 48 valence electrons. The Morgan fingerprint density at radius 3 is 3.12 bits per heavy atom. The SMILES string of the molecule is CCOC1CCCN1. The van der Waals surface area contributed by atoms with E-state index in [0.29, 0.717) is 6.23 Å². The summed E-state index contributed by atoms with van der Waals surface area (Å²) in [4.78, 5) is 0. The highest BCUT2D eigenvalue weighted by Crippen LogP contribution is 2.04. The van der Waals surface area contributed by atoms with Crippen molar-refractivity contribution >= 4 is 0 Å². The maximum absolute atomic E-state index is 5.29. The lowest BCUT2D eigenvalue weighted by Crippen LogP contribution is -2.24. The molecular formula is C6H13NO. The molecule has 8 heavy (non-hydrogen) atoms. The Hall–Kier alpha value is -0.0800. The van der Waals surface area contributed by atoms with E-state index in [-0.39, 0.29) is 0 Å². The number of nitrogens with one attached hydrogen (secondary N) is 1. The van der Waals surface area contributed by atoms with Gasteiger partial charge in [0.25, 0.3) is 0 Å². The third-order valence-electron chi connectivity index (χ3n) is 1.38. The minimum Gasteiger partial charge on any atom is -0.364 e. The van der Waals surface area contributed by atoms with Crippen LogP contribution in [-0.4, -0.2) is 19.4 Å². The van der Waals surface area contributed by atoms with Crippen LogP contribution in [0.2, 0.25) is 0 Å². The smallest absolute Gasteiger partial charge is 0.108 e. The van der Waals surface area contributed by atoms with Crippen molar-refractivity contribution in [2.24, 2.45) is 0 Å². The van der Waals surface area contributed by atoms with Crippen molar-refractivity contribution in [1.29, 1.82) is 0 Å². The summed E-state index contributed by atoms with van der Waals surface area (Å²) in [5.41, 5.74) is 0. The zero-order valence-electron chi connectivity index (χ0n) is 5.31. The van der Waals surface area contributed by atoms with Crippen molar-refractivity contribution < 1.29 is 4.74 Å². The fourth-order valence-electron chi connectivity index (χ4n) is 0.996. The van der Waals surface area contributed by atoms with Crippen LogP contribution in [0.15, 0.2) is 0 Å². The molecule has 1 unspecified atom stereocenters. The van der Waals surface area contributed by atoms with Crippen LogP contribution in [0.1, 0.15) is 19.8 Å². The molecule has 0 radical (unpaired) electrons. The first-order valence-electron chi connectivity index (χ1n) is 3.28. The highest BCUT2D eigenvalue weighted by atomic mass is 16.5. The van der Waals surface area contributed by atoms with Crippen LogP contribution >= 0.6 is 0 Å². The number of ether oxygens (including phenoxy) is 1. The van der Waals surface area contributed by atoms with Crippen molar-refractivity contribution in [2.75, 3.05) is 13.2 Å². The average molecular weight is 115 g/mol. The van der Waals surface area contributed by atoms with Crippen LogP contribution in [0.3, 0.4) is 0 Å². The van der Waals surface area contributed by atoms with Gasteiger partial charge < -0.3 is 4.74 Å². The summed E-state index contributed by atoms with van der Waals surface area (Å²) in [6, 6.07) is 0. The maximum Gasteiger partial charge on any atom is 0.108 e. The fraction of sp³-hybridized carbons (Fsp3) is 1.00. The number of hydrogen-bond acceptors (Lipinski definition) is 2. The van der Waals surface area contributed by atoms with E-state index in [1.807, 2.05) is 6.92 Å². The van der Waals surface area contributed by atoms with E-state index < -0.39 is 0 Å². The highest BCUT2D eigenvalue weighted by Gasteiger charge is 2.11. The molecule has 1 heterocycles. The molecule has 1 N–H and O–H groups in total. The second-order valence-corrected chi connectivity index (χ2v) is 2.04. The van der Waals surface area contributed by atoms with Crippen LogP contribution < -0.4 is 5.32 Å². The number of rotatable bonds is 2. The zero-order chi connectivity index (χ0) is 5.82. The van der Waals surface area contributed by atoms with Crippen molar-refractivity contribution in [3.63, 3.8) is 0 Å². The molecule has 2 nitrogen and oxygen atoms in total. The van der Waals surface area contributed by atoms with Crippen LogP contribution in [-0.2, 0) is 4.74 Å². The van der Waals surface area contributed by atoms with Gasteiger partial charge in [-0.2, -0.15) is 0 Å². The Kier molecular flexibility index (Phi) is 2.30. The van der Waals surface area contributed by atoms with E-state index in [4.69, 9.17) is 4.74 Å². The first-order valence-corrected chi connectivity index (χ1v) is 3.28. The summed E-state index contributed by atoms with van der Waals surface area (Å²) in [6.07, 6.45) is 2.82. The van der Waals surface area contributed by atoms with E-state index in [0.717, 1.165) is 13.2 Å². The second-order valence-electron chi connectivity index (χ2n) is 2.04. The van der Waals surface area contributed by atoms with Crippen molar-refractivity contribution in [3.05, 3.63) is 0 Å². The molecule has 0 aliphatic carbocycles. The first-order chi connectivity index (χ1) is 3.93. The minimum absolute atomic E-state index is 0.361. The molecule has 1 aliphatic heterocycles. The van der Waals surface area contributed by atoms with Gasteiger partial charge in [0.15, 0.2) is 0 Å². The third-order valence-corrected chi connectivity index (χ3v) is 1.38. The summed E-state index contributed by atoms with van der Waals surface area (Å²) in [5.74, 6) is 0. The van der Waals surface area contributed by atoms with Crippen LogP contribution in [0.5, 0.6) is 0 Å². The summed E-state index contributed by atoms with van der Waals surface area (Å²) in [5, 5.41) is 3.24. The summed E-state index contributed by atoms with van der Waals surface area (Å²) < 4.78 is 5.29. The number of hydrogen-bond donors (Lipinski definition) is 1. The summed E-state index contributed by atoms with van der Waals surface area (Å²) >= 11 is 0. The van der Waals surface area contributed by atoms with Gasteiger partial charge in [0.1, 0.15) is 6.23 Å². The Morgan fingerprint density at radius 1 is 1.75 bits per heavy atom. The second kappa shape index (κ2) is 3.05. The van der Waals surface area contributed by atoms with E-state index in [9.17, 15) is 0 Å². The normalized spacial score (nSPS) is 28.9. The van der Waals surface area contributed by atoms with Crippen LogP contribution in [0, 0.1) is 0 Å². The molecule has 0 saturated carbocycles. The molecule has 1 rings (SSSR count). The molecular weight excluding hydrogens is 102 g/mol. The Balaban J connectivity index is 2.06. The molecule has 1 fully saturated rings. The Labute approximate surface area is 50.2 Å². The standard InChI is InChI=1S/C6H13NO/c1-2-8-6-4-3-5-7-6/h6-7H,2-5H2,1H3.